The number of nitrogens with zero attached hydrogens (tertiary/aromatic N) is 2. The van der Waals surface area contributed by atoms with Gasteiger partial charge >= 0.3 is 0 Å². The fourth-order valence-electron chi connectivity index (χ4n) is 2.71. The summed E-state index contributed by atoms with van der Waals surface area (Å²) in [6, 6.07) is 11.4. The van der Waals surface area contributed by atoms with E-state index >= 15 is 0 Å². The largest absolute Gasteiger partial charge is 0.322 e. The average molecular weight is 347 g/mol. The van der Waals surface area contributed by atoms with Crippen LogP contribution >= 0.6 is 0 Å². The second-order valence-corrected chi connectivity index (χ2v) is 6.95. The predicted molar refractivity (Wildman–Crippen MR) is 106 cm³/mol. The normalized spacial score (nSPS) is 11.8. The number of allylic oxidation sites excluding steroid dienone is 2. The van der Waals surface area contributed by atoms with Gasteiger partial charge in [0, 0.05) is 17.4 Å². The minimum atomic E-state index is -0.741. The Morgan fingerprint density at radius 3 is 2.69 bits per heavy atom. The summed E-state index contributed by atoms with van der Waals surface area (Å²) in [6.45, 7) is 9.82. The number of benzene rings is 1. The lowest BCUT2D eigenvalue weighted by molar-refractivity contribution is 0.102. The van der Waals surface area contributed by atoms with E-state index < -0.39 is 5.41 Å². The Kier molecular flexibility index (Phi) is 5.94. The minimum Gasteiger partial charge on any atom is -0.322 e. The molecule has 2 rings (SSSR count). The van der Waals surface area contributed by atoms with E-state index in [1.165, 1.54) is 11.1 Å². The molecule has 4 nitrogen and oxygen atoms in total. The maximum Gasteiger partial charge on any atom is 0.255 e. The second kappa shape index (κ2) is 7.97. The number of anilines is 1. The summed E-state index contributed by atoms with van der Waals surface area (Å²) in [5, 5.41) is 12.2. The average Bonchev–Trinajstić information content (AvgIpc) is 2.63. The zero-order valence-electron chi connectivity index (χ0n) is 16.1. The highest BCUT2D eigenvalue weighted by Crippen LogP contribution is 2.24. The molecule has 0 radical (unpaired) electrons. The molecule has 0 fully saturated rings. The van der Waals surface area contributed by atoms with Gasteiger partial charge in [-0.1, -0.05) is 19.1 Å². The molecule has 134 valence electrons. The van der Waals surface area contributed by atoms with Crippen LogP contribution in [0.15, 0.2) is 42.6 Å². The van der Waals surface area contributed by atoms with E-state index in [4.69, 9.17) is 0 Å². The van der Waals surface area contributed by atoms with Gasteiger partial charge in [-0.15, -0.1) is 0 Å². The van der Waals surface area contributed by atoms with E-state index in [9.17, 15) is 10.1 Å². The second-order valence-electron chi connectivity index (χ2n) is 6.95. The van der Waals surface area contributed by atoms with Crippen LogP contribution in [0.5, 0.6) is 0 Å². The molecule has 0 aliphatic rings. The maximum absolute atomic E-state index is 12.6. The van der Waals surface area contributed by atoms with E-state index in [0.29, 0.717) is 11.3 Å². The first-order valence-electron chi connectivity index (χ1n) is 8.75. The van der Waals surface area contributed by atoms with Crippen molar-refractivity contribution in [1.29, 1.82) is 5.26 Å². The van der Waals surface area contributed by atoms with Crippen molar-refractivity contribution >= 4 is 17.2 Å². The Hall–Kier alpha value is -2.93. The Bertz CT molecular complexity index is 889. The van der Waals surface area contributed by atoms with Gasteiger partial charge in [-0.2, -0.15) is 5.26 Å². The van der Waals surface area contributed by atoms with Gasteiger partial charge in [0.05, 0.1) is 17.2 Å². The van der Waals surface area contributed by atoms with Crippen molar-refractivity contribution in [3.8, 4) is 6.07 Å². The van der Waals surface area contributed by atoms with Gasteiger partial charge in [-0.3, -0.25) is 9.78 Å². The molecule has 1 aromatic heterocycles. The molecule has 0 saturated heterocycles. The molecule has 4 heteroatoms. The van der Waals surface area contributed by atoms with Gasteiger partial charge in [-0.05, 0) is 75.1 Å². The van der Waals surface area contributed by atoms with Gasteiger partial charge in [-0.25, -0.2) is 0 Å². The first-order chi connectivity index (χ1) is 12.3. The van der Waals surface area contributed by atoms with Crippen molar-refractivity contribution in [2.45, 2.75) is 46.5 Å². The molecule has 2 aromatic rings. The zero-order chi connectivity index (χ0) is 19.3. The van der Waals surface area contributed by atoms with Crippen LogP contribution in [0, 0.1) is 18.3 Å². The smallest absolute Gasteiger partial charge is 0.255 e. The van der Waals surface area contributed by atoms with Gasteiger partial charge in [0.25, 0.3) is 5.91 Å². The quantitative estimate of drug-likeness (QED) is 0.802. The van der Waals surface area contributed by atoms with Crippen molar-refractivity contribution in [3.05, 3.63) is 65.0 Å². The molecule has 26 heavy (non-hydrogen) atoms. The molecule has 0 saturated carbocycles. The summed E-state index contributed by atoms with van der Waals surface area (Å²) in [4.78, 5) is 16.9. The third-order valence-electron chi connectivity index (χ3n) is 4.37. The Labute approximate surface area is 155 Å². The van der Waals surface area contributed by atoms with Crippen LogP contribution in [0.4, 0.5) is 5.69 Å². The summed E-state index contributed by atoms with van der Waals surface area (Å²) in [6.07, 6.45) is 4.71. The van der Waals surface area contributed by atoms with Gasteiger partial charge in [0.1, 0.15) is 0 Å². The number of hydrogen-bond donors (Lipinski definition) is 1. The van der Waals surface area contributed by atoms with Crippen LogP contribution < -0.4 is 5.32 Å². The number of nitrogens with one attached hydrogen (secondary N) is 1. The predicted octanol–water partition coefficient (Wildman–Crippen LogP) is 5.26. The summed E-state index contributed by atoms with van der Waals surface area (Å²) >= 11 is 0. The van der Waals surface area contributed by atoms with Crippen molar-refractivity contribution in [1.82, 2.24) is 4.98 Å². The van der Waals surface area contributed by atoms with Gasteiger partial charge in [0.15, 0.2) is 0 Å². The highest BCUT2D eigenvalue weighted by atomic mass is 16.1. The molecule has 1 aromatic carbocycles. The van der Waals surface area contributed by atoms with E-state index in [0.717, 1.165) is 17.7 Å². The number of pyridine rings is 1. The van der Waals surface area contributed by atoms with Crippen molar-refractivity contribution in [2.24, 2.45) is 0 Å². The van der Waals surface area contributed by atoms with Crippen LogP contribution in [0.3, 0.4) is 0 Å². The monoisotopic (exact) mass is 347 g/mol. The summed E-state index contributed by atoms with van der Waals surface area (Å²) in [5.41, 5.74) is 4.58. The van der Waals surface area contributed by atoms with Gasteiger partial charge < -0.3 is 5.32 Å². The Morgan fingerprint density at radius 1 is 1.31 bits per heavy atom. The number of rotatable bonds is 5. The van der Waals surface area contributed by atoms with E-state index in [1.807, 2.05) is 18.2 Å². The van der Waals surface area contributed by atoms with Crippen LogP contribution in [0.25, 0.3) is 5.57 Å². The molecule has 0 unspecified atom stereocenters. The molecular weight excluding hydrogens is 322 g/mol. The summed E-state index contributed by atoms with van der Waals surface area (Å²) in [7, 11) is 0. The van der Waals surface area contributed by atoms with Crippen LogP contribution in [-0.2, 0) is 5.41 Å². The molecule has 0 aliphatic heterocycles. The Morgan fingerprint density at radius 2 is 2.04 bits per heavy atom. The Balaban J connectivity index is 2.29. The summed E-state index contributed by atoms with van der Waals surface area (Å²) < 4.78 is 0. The van der Waals surface area contributed by atoms with Crippen molar-refractivity contribution < 1.29 is 4.79 Å². The number of carbonyl (C=O) groups excluding carboxylic acids is 1. The lowest BCUT2D eigenvalue weighted by atomic mass is 9.90. The molecule has 1 N–H and O–H groups in total. The van der Waals surface area contributed by atoms with Crippen molar-refractivity contribution in [2.75, 3.05) is 5.32 Å². The maximum atomic E-state index is 12.6. The zero-order valence-corrected chi connectivity index (χ0v) is 16.1. The first kappa shape index (κ1) is 19.4. The number of aryl methyl sites for hydroxylation is 1. The number of hydrogen-bond acceptors (Lipinski definition) is 3. The molecule has 0 bridgehead atoms. The standard InChI is InChI=1S/C22H25N3O/c1-6-7-15(2)19-13-18(9-8-16(19)3)25-21(26)17-10-11-24-20(12-17)22(4,5)14-23/h7-13H,6H2,1-5H3,(H,25,26). The number of carbonyl (C=O) groups is 1. The van der Waals surface area contributed by atoms with E-state index in [2.05, 4.69) is 43.2 Å². The third-order valence-corrected chi connectivity index (χ3v) is 4.37. The number of nitriles is 1. The van der Waals surface area contributed by atoms with Crippen molar-refractivity contribution in [3.63, 3.8) is 0 Å². The lowest BCUT2D eigenvalue weighted by Gasteiger charge is -2.15. The third kappa shape index (κ3) is 4.37. The molecular formula is C22H25N3O. The summed E-state index contributed by atoms with van der Waals surface area (Å²) in [5.74, 6) is -0.214. The number of aromatic nitrogens is 1. The molecule has 0 aliphatic carbocycles. The highest BCUT2D eigenvalue weighted by Gasteiger charge is 2.22. The highest BCUT2D eigenvalue weighted by molar-refractivity contribution is 6.04. The van der Waals surface area contributed by atoms with Crippen LogP contribution in [0.1, 0.15) is 61.3 Å². The van der Waals surface area contributed by atoms with Gasteiger partial charge in [0.2, 0.25) is 0 Å². The molecule has 1 heterocycles. The SMILES string of the molecule is CCC=C(C)c1cc(NC(=O)c2ccnc(C(C)(C)C#N)c2)ccc1C. The van der Waals surface area contributed by atoms with Crippen LogP contribution in [0.2, 0.25) is 0 Å². The topological polar surface area (TPSA) is 65.8 Å². The molecule has 0 atom stereocenters. The lowest BCUT2D eigenvalue weighted by Crippen LogP contribution is -2.18. The molecule has 0 spiro atoms. The fraction of sp³-hybridized carbons (Fsp3) is 0.318. The fourth-order valence-corrected chi connectivity index (χ4v) is 2.71. The van der Waals surface area contributed by atoms with E-state index in [-0.39, 0.29) is 5.91 Å². The van der Waals surface area contributed by atoms with Crippen LogP contribution in [-0.4, -0.2) is 10.9 Å². The minimum absolute atomic E-state index is 0.214. The first-order valence-corrected chi connectivity index (χ1v) is 8.75. The number of amides is 1. The van der Waals surface area contributed by atoms with E-state index in [1.54, 1.807) is 32.2 Å². The molecule has 1 amide bonds.